The zero-order chi connectivity index (χ0) is 15.2. The summed E-state index contributed by atoms with van der Waals surface area (Å²) in [6.07, 6.45) is 4.07. The lowest BCUT2D eigenvalue weighted by Crippen LogP contribution is -2.27. The minimum absolute atomic E-state index is 0. The monoisotopic (exact) mass is 421 g/mol. The maximum atomic E-state index is 6.04. The second kappa shape index (κ2) is 9.56. The lowest BCUT2D eigenvalue weighted by atomic mass is 10.0. The molecule has 1 aromatic rings. The maximum Gasteiger partial charge on any atom is 0.193 e. The molecule has 0 amide bonds. The molecule has 0 saturated carbocycles. The number of rotatable bonds is 6. The van der Waals surface area contributed by atoms with Crippen molar-refractivity contribution in [3.63, 3.8) is 0 Å². The van der Waals surface area contributed by atoms with Gasteiger partial charge in [0, 0.05) is 10.4 Å². The molecule has 5 heteroatoms. The number of anilines is 1. The van der Waals surface area contributed by atoms with E-state index in [1.807, 2.05) is 0 Å². The first-order valence-electron chi connectivity index (χ1n) is 7.16. The third-order valence-electron chi connectivity index (χ3n) is 3.43. The van der Waals surface area contributed by atoms with Crippen molar-refractivity contribution in [2.24, 2.45) is 10.7 Å². The van der Waals surface area contributed by atoms with Crippen molar-refractivity contribution in [2.45, 2.75) is 45.3 Å². The van der Waals surface area contributed by atoms with E-state index in [-0.39, 0.29) is 28.7 Å². The van der Waals surface area contributed by atoms with Gasteiger partial charge >= 0.3 is 0 Å². The molecule has 0 saturated heterocycles. The summed E-state index contributed by atoms with van der Waals surface area (Å²) in [5, 5.41) is 3.30. The van der Waals surface area contributed by atoms with Gasteiger partial charge in [0.2, 0.25) is 0 Å². The first-order chi connectivity index (χ1) is 9.43. The van der Waals surface area contributed by atoms with Gasteiger partial charge in [-0.3, -0.25) is 4.99 Å². The van der Waals surface area contributed by atoms with Crippen LogP contribution in [0.2, 0.25) is 0 Å². The van der Waals surface area contributed by atoms with Crippen molar-refractivity contribution in [2.75, 3.05) is 18.1 Å². The molecule has 0 unspecified atom stereocenters. The Bertz CT molecular complexity index is 450. The molecule has 0 heterocycles. The quantitative estimate of drug-likeness (QED) is 0.409. The average Bonchev–Trinajstić information content (AvgIpc) is 2.45. The normalized spacial score (nSPS) is 12.0. The minimum atomic E-state index is 0. The molecule has 0 aliphatic heterocycles. The highest BCUT2D eigenvalue weighted by molar-refractivity contribution is 14.0. The molecule has 1 aromatic carbocycles. The number of aliphatic imine (C=N–C) groups is 1. The van der Waals surface area contributed by atoms with E-state index in [2.05, 4.69) is 62.5 Å². The van der Waals surface area contributed by atoms with Crippen molar-refractivity contribution in [3.8, 4) is 0 Å². The summed E-state index contributed by atoms with van der Waals surface area (Å²) in [7, 11) is 0. The fraction of sp³-hybridized carbons (Fsp3) is 0.562. The van der Waals surface area contributed by atoms with Gasteiger partial charge in [0.15, 0.2) is 5.96 Å². The van der Waals surface area contributed by atoms with E-state index in [1.54, 1.807) is 11.8 Å². The molecule has 0 spiro atoms. The van der Waals surface area contributed by atoms with Crippen LogP contribution in [0.5, 0.6) is 0 Å². The Balaban J connectivity index is 0.00000400. The maximum absolute atomic E-state index is 6.04. The largest absolute Gasteiger partial charge is 0.370 e. The molecule has 1 rings (SSSR count). The number of nitrogens with zero attached hydrogens (tertiary/aromatic N) is 1. The van der Waals surface area contributed by atoms with Gasteiger partial charge in [-0.05, 0) is 44.1 Å². The fourth-order valence-corrected chi connectivity index (χ4v) is 2.10. The minimum Gasteiger partial charge on any atom is -0.370 e. The highest BCUT2D eigenvalue weighted by atomic mass is 127. The van der Waals surface area contributed by atoms with Gasteiger partial charge in [-0.1, -0.05) is 32.0 Å². The number of nitrogens with one attached hydrogen (secondary N) is 1. The molecule has 0 fully saturated rings. The highest BCUT2D eigenvalue weighted by Crippen LogP contribution is 2.23. The van der Waals surface area contributed by atoms with Crippen LogP contribution in [0.4, 0.5) is 5.69 Å². The van der Waals surface area contributed by atoms with Crippen LogP contribution in [0.25, 0.3) is 0 Å². The van der Waals surface area contributed by atoms with E-state index in [1.165, 1.54) is 11.1 Å². The molecule has 0 aliphatic carbocycles. The van der Waals surface area contributed by atoms with E-state index < -0.39 is 0 Å². The Morgan fingerprint density at radius 3 is 2.19 bits per heavy atom. The van der Waals surface area contributed by atoms with Crippen LogP contribution in [0, 0.1) is 0 Å². The average molecular weight is 421 g/mol. The Morgan fingerprint density at radius 1 is 1.24 bits per heavy atom. The zero-order valence-electron chi connectivity index (χ0n) is 13.7. The summed E-state index contributed by atoms with van der Waals surface area (Å²) < 4.78 is 0.115. The molecule has 21 heavy (non-hydrogen) atoms. The summed E-state index contributed by atoms with van der Waals surface area (Å²) in [5.41, 5.74) is 9.74. The van der Waals surface area contributed by atoms with Crippen molar-refractivity contribution in [3.05, 3.63) is 29.3 Å². The van der Waals surface area contributed by atoms with E-state index in [9.17, 15) is 0 Å². The van der Waals surface area contributed by atoms with Crippen LogP contribution in [0.3, 0.4) is 0 Å². The molecule has 3 N–H and O–H groups in total. The smallest absolute Gasteiger partial charge is 0.193 e. The number of hydrogen-bond acceptors (Lipinski definition) is 2. The van der Waals surface area contributed by atoms with Gasteiger partial charge in [-0.25, -0.2) is 0 Å². The topological polar surface area (TPSA) is 50.4 Å². The Morgan fingerprint density at radius 2 is 1.76 bits per heavy atom. The zero-order valence-corrected chi connectivity index (χ0v) is 16.8. The summed E-state index contributed by atoms with van der Waals surface area (Å²) in [4.78, 5) is 4.48. The molecule has 0 radical (unpaired) electrons. The summed E-state index contributed by atoms with van der Waals surface area (Å²) in [6, 6.07) is 6.38. The lowest BCUT2D eigenvalue weighted by Gasteiger charge is -2.20. The van der Waals surface area contributed by atoms with Crippen LogP contribution in [0.1, 0.15) is 38.8 Å². The van der Waals surface area contributed by atoms with Crippen LogP contribution < -0.4 is 11.1 Å². The van der Waals surface area contributed by atoms with Crippen LogP contribution in [-0.2, 0) is 12.8 Å². The first kappa shape index (κ1) is 20.6. The Labute approximate surface area is 150 Å². The number of thioether (sulfide) groups is 1. The van der Waals surface area contributed by atoms with Crippen molar-refractivity contribution in [1.29, 1.82) is 0 Å². The number of nitrogens with two attached hydrogens (primary N) is 1. The first-order valence-corrected chi connectivity index (χ1v) is 8.38. The summed E-state index contributed by atoms with van der Waals surface area (Å²) >= 11 is 1.80. The van der Waals surface area contributed by atoms with Gasteiger partial charge in [0.05, 0.1) is 6.54 Å². The molecule has 0 aliphatic rings. The second-order valence-electron chi connectivity index (χ2n) is 5.45. The van der Waals surface area contributed by atoms with Gasteiger partial charge in [0.25, 0.3) is 0 Å². The Kier molecular flexibility index (Phi) is 9.36. The SMILES string of the molecule is CCc1cccc(CC)c1NC(N)=NCC(C)(C)SC.I. The van der Waals surface area contributed by atoms with E-state index in [0.717, 1.165) is 18.5 Å². The number of benzene rings is 1. The van der Waals surface area contributed by atoms with Crippen LogP contribution >= 0.6 is 35.7 Å². The highest BCUT2D eigenvalue weighted by Gasteiger charge is 2.15. The standard InChI is InChI=1S/C16H27N3S.HI/c1-6-12-9-8-10-13(7-2)14(12)19-15(17)18-11-16(3,4)20-5;/h8-10H,6-7,11H2,1-5H3,(H3,17,18,19);1H. The number of guanidine groups is 1. The van der Waals surface area contributed by atoms with Gasteiger partial charge in [-0.2, -0.15) is 11.8 Å². The van der Waals surface area contributed by atoms with E-state index in [4.69, 9.17) is 5.73 Å². The molecule has 0 atom stereocenters. The number of aryl methyl sites for hydroxylation is 2. The third-order valence-corrected chi connectivity index (χ3v) is 4.67. The molecule has 3 nitrogen and oxygen atoms in total. The van der Waals surface area contributed by atoms with Crippen LogP contribution in [-0.4, -0.2) is 23.5 Å². The second-order valence-corrected chi connectivity index (χ2v) is 6.96. The summed E-state index contributed by atoms with van der Waals surface area (Å²) in [5.74, 6) is 0.503. The van der Waals surface area contributed by atoms with Gasteiger partial charge in [0.1, 0.15) is 0 Å². The fourth-order valence-electron chi connectivity index (χ4n) is 1.91. The Hall–Kier alpha value is -0.430. The predicted octanol–water partition coefficient (Wildman–Crippen LogP) is 4.30. The third kappa shape index (κ3) is 6.46. The van der Waals surface area contributed by atoms with E-state index >= 15 is 0 Å². The molecule has 0 aromatic heterocycles. The molecular formula is C16H28IN3S. The van der Waals surface area contributed by atoms with E-state index in [0.29, 0.717) is 12.5 Å². The van der Waals surface area contributed by atoms with Crippen molar-refractivity contribution < 1.29 is 0 Å². The molecule has 0 bridgehead atoms. The summed E-state index contributed by atoms with van der Waals surface area (Å²) in [6.45, 7) is 9.37. The number of halogens is 1. The van der Waals surface area contributed by atoms with Gasteiger partial charge < -0.3 is 11.1 Å². The van der Waals surface area contributed by atoms with Gasteiger partial charge in [-0.15, -0.1) is 24.0 Å². The number of para-hydroxylation sites is 1. The predicted molar refractivity (Wildman–Crippen MR) is 108 cm³/mol. The van der Waals surface area contributed by atoms with Crippen molar-refractivity contribution >= 4 is 47.4 Å². The molecular weight excluding hydrogens is 393 g/mol. The van der Waals surface area contributed by atoms with Crippen molar-refractivity contribution in [1.82, 2.24) is 0 Å². The van der Waals surface area contributed by atoms with Crippen LogP contribution in [0.15, 0.2) is 23.2 Å². The molecule has 120 valence electrons. The number of hydrogen-bond donors (Lipinski definition) is 2. The lowest BCUT2D eigenvalue weighted by molar-refractivity contribution is 0.726.